The summed E-state index contributed by atoms with van der Waals surface area (Å²) in [5.41, 5.74) is 1.86. The summed E-state index contributed by atoms with van der Waals surface area (Å²) in [6.45, 7) is 11.8. The Kier molecular flexibility index (Phi) is 5.78. The van der Waals surface area contributed by atoms with E-state index in [4.69, 9.17) is 0 Å². The quantitative estimate of drug-likeness (QED) is 0.515. The smallest absolute Gasteiger partial charge is 0.0682 e. The van der Waals surface area contributed by atoms with Crippen LogP contribution in [0.3, 0.4) is 0 Å². The zero-order valence-electron chi connectivity index (χ0n) is 19.7. The van der Waals surface area contributed by atoms with Crippen LogP contribution in [-0.4, -0.2) is 21.9 Å². The SMILES string of the molecule is CCCC(O)[C@@H](C)[C@H]1CC[C@H]2[C@@H]3CC=C4C[C@](O)(CC)CC[C@]4(C)[C@H]3CC[C@]12C. The lowest BCUT2D eigenvalue weighted by Crippen LogP contribution is -2.52. The van der Waals surface area contributed by atoms with E-state index in [9.17, 15) is 10.2 Å². The van der Waals surface area contributed by atoms with Gasteiger partial charge in [0.2, 0.25) is 0 Å². The molecular formula is C27H46O2. The zero-order valence-corrected chi connectivity index (χ0v) is 19.7. The molecule has 3 saturated carbocycles. The molecule has 0 aliphatic heterocycles. The molecule has 9 atom stereocenters. The average molecular weight is 403 g/mol. The fraction of sp³-hybridized carbons (Fsp3) is 0.926. The molecule has 0 aromatic carbocycles. The molecule has 2 nitrogen and oxygen atoms in total. The van der Waals surface area contributed by atoms with Crippen molar-refractivity contribution < 1.29 is 10.2 Å². The molecule has 4 aliphatic rings. The molecule has 4 rings (SSSR count). The second-order valence-electron chi connectivity index (χ2n) is 12.0. The van der Waals surface area contributed by atoms with Gasteiger partial charge in [-0.3, -0.25) is 0 Å². The minimum Gasteiger partial charge on any atom is -0.393 e. The molecule has 0 radical (unpaired) electrons. The third-order valence-corrected chi connectivity index (χ3v) is 10.8. The first-order valence-electron chi connectivity index (χ1n) is 12.8. The molecule has 3 fully saturated rings. The Morgan fingerprint density at radius 3 is 2.52 bits per heavy atom. The molecule has 0 bridgehead atoms. The van der Waals surface area contributed by atoms with E-state index in [2.05, 4.69) is 40.7 Å². The van der Waals surface area contributed by atoms with Crippen LogP contribution in [0.15, 0.2) is 11.6 Å². The van der Waals surface area contributed by atoms with Crippen molar-refractivity contribution in [3.63, 3.8) is 0 Å². The van der Waals surface area contributed by atoms with Gasteiger partial charge in [0.05, 0.1) is 11.7 Å². The molecule has 2 heteroatoms. The summed E-state index contributed by atoms with van der Waals surface area (Å²) >= 11 is 0. The van der Waals surface area contributed by atoms with Gasteiger partial charge in [-0.2, -0.15) is 0 Å². The van der Waals surface area contributed by atoms with Crippen molar-refractivity contribution >= 4 is 0 Å². The first kappa shape index (κ1) is 21.9. The summed E-state index contributed by atoms with van der Waals surface area (Å²) in [7, 11) is 0. The standard InChI is InChI=1S/C27H46O2/c1-6-8-24(28)18(3)21-11-12-22-20-10-9-19-17-27(29,7-2)16-15-25(19,4)23(20)13-14-26(21,22)5/h9,18,20-24,28-29H,6-8,10-17H2,1-5H3/t18-,20-,21+,22-,23-,24?,25-,26+,27-/m0/s1. The predicted octanol–water partition coefficient (Wildman–Crippen LogP) is 6.50. The van der Waals surface area contributed by atoms with Gasteiger partial charge in [0.1, 0.15) is 0 Å². The van der Waals surface area contributed by atoms with Gasteiger partial charge in [-0.1, -0.05) is 52.7 Å². The largest absolute Gasteiger partial charge is 0.393 e. The second kappa shape index (κ2) is 7.66. The van der Waals surface area contributed by atoms with Crippen LogP contribution in [0.5, 0.6) is 0 Å². The minimum atomic E-state index is -0.454. The Morgan fingerprint density at radius 2 is 1.83 bits per heavy atom. The maximum absolute atomic E-state index is 10.9. The van der Waals surface area contributed by atoms with Crippen molar-refractivity contribution in [1.29, 1.82) is 0 Å². The van der Waals surface area contributed by atoms with Crippen molar-refractivity contribution in [2.24, 2.45) is 40.4 Å². The molecule has 0 aromatic heterocycles. The van der Waals surface area contributed by atoms with Crippen molar-refractivity contribution in [3.8, 4) is 0 Å². The molecule has 0 spiro atoms. The predicted molar refractivity (Wildman–Crippen MR) is 121 cm³/mol. The highest BCUT2D eigenvalue weighted by Crippen LogP contribution is 2.67. The molecule has 0 heterocycles. The number of hydrogen-bond acceptors (Lipinski definition) is 2. The molecule has 0 amide bonds. The lowest BCUT2D eigenvalue weighted by atomic mass is 9.46. The summed E-state index contributed by atoms with van der Waals surface area (Å²) in [5, 5.41) is 21.7. The van der Waals surface area contributed by atoms with Gasteiger partial charge in [-0.05, 0) is 105 Å². The van der Waals surface area contributed by atoms with E-state index in [1.54, 1.807) is 5.57 Å². The third kappa shape index (κ3) is 3.36. The first-order chi connectivity index (χ1) is 13.7. The van der Waals surface area contributed by atoms with Crippen molar-refractivity contribution in [1.82, 2.24) is 0 Å². The number of aliphatic hydroxyl groups excluding tert-OH is 1. The summed E-state index contributed by atoms with van der Waals surface area (Å²) in [6.07, 6.45) is 15.0. The molecule has 4 aliphatic carbocycles. The van der Waals surface area contributed by atoms with Crippen molar-refractivity contribution in [2.75, 3.05) is 0 Å². The molecule has 0 saturated heterocycles. The van der Waals surface area contributed by atoms with Gasteiger partial charge in [0, 0.05) is 0 Å². The number of fused-ring (bicyclic) bond motifs is 5. The van der Waals surface area contributed by atoms with E-state index in [1.165, 1.54) is 38.5 Å². The van der Waals surface area contributed by atoms with Crippen LogP contribution in [0.1, 0.15) is 105 Å². The zero-order chi connectivity index (χ0) is 21.0. The molecule has 2 N–H and O–H groups in total. The number of rotatable bonds is 5. The number of aliphatic hydroxyl groups is 2. The van der Waals surface area contributed by atoms with Gasteiger partial charge in [0.25, 0.3) is 0 Å². The van der Waals surface area contributed by atoms with Crippen molar-refractivity contribution in [3.05, 3.63) is 11.6 Å². The van der Waals surface area contributed by atoms with Gasteiger partial charge in [-0.25, -0.2) is 0 Å². The summed E-state index contributed by atoms with van der Waals surface area (Å²) < 4.78 is 0. The number of allylic oxidation sites excluding steroid dienone is 1. The van der Waals surface area contributed by atoms with Crippen LogP contribution < -0.4 is 0 Å². The highest BCUT2D eigenvalue weighted by molar-refractivity contribution is 5.27. The van der Waals surface area contributed by atoms with E-state index in [1.807, 2.05) is 0 Å². The number of hydrogen-bond donors (Lipinski definition) is 2. The van der Waals surface area contributed by atoms with E-state index in [0.29, 0.717) is 22.7 Å². The van der Waals surface area contributed by atoms with Crippen LogP contribution in [0, 0.1) is 40.4 Å². The first-order valence-corrected chi connectivity index (χ1v) is 12.8. The van der Waals surface area contributed by atoms with Crippen LogP contribution in [0.2, 0.25) is 0 Å². The Hall–Kier alpha value is -0.340. The summed E-state index contributed by atoms with van der Waals surface area (Å²) in [6, 6.07) is 0. The fourth-order valence-corrected chi connectivity index (χ4v) is 8.75. The Bertz CT molecular complexity index is 640. The highest BCUT2D eigenvalue weighted by Gasteiger charge is 2.60. The summed E-state index contributed by atoms with van der Waals surface area (Å²) in [5.74, 6) is 3.56. The van der Waals surface area contributed by atoms with Gasteiger partial charge < -0.3 is 10.2 Å². The topological polar surface area (TPSA) is 40.5 Å². The molecular weight excluding hydrogens is 356 g/mol. The van der Waals surface area contributed by atoms with E-state index < -0.39 is 5.60 Å². The Balaban J connectivity index is 1.57. The molecule has 29 heavy (non-hydrogen) atoms. The average Bonchev–Trinajstić information content (AvgIpc) is 3.05. The van der Waals surface area contributed by atoms with E-state index >= 15 is 0 Å². The van der Waals surface area contributed by atoms with Gasteiger partial charge >= 0.3 is 0 Å². The van der Waals surface area contributed by atoms with Crippen LogP contribution in [0.4, 0.5) is 0 Å². The molecule has 1 unspecified atom stereocenters. The lowest BCUT2D eigenvalue weighted by Gasteiger charge is -2.59. The van der Waals surface area contributed by atoms with Crippen LogP contribution >= 0.6 is 0 Å². The van der Waals surface area contributed by atoms with Crippen LogP contribution in [0.25, 0.3) is 0 Å². The second-order valence-corrected chi connectivity index (χ2v) is 12.0. The molecule has 166 valence electrons. The highest BCUT2D eigenvalue weighted by atomic mass is 16.3. The summed E-state index contributed by atoms with van der Waals surface area (Å²) in [4.78, 5) is 0. The maximum Gasteiger partial charge on any atom is 0.0682 e. The third-order valence-electron chi connectivity index (χ3n) is 10.8. The maximum atomic E-state index is 10.9. The van der Waals surface area contributed by atoms with Crippen molar-refractivity contribution in [2.45, 2.75) is 117 Å². The Labute approximate surface area is 179 Å². The van der Waals surface area contributed by atoms with E-state index in [0.717, 1.165) is 49.9 Å². The Morgan fingerprint density at radius 1 is 1.07 bits per heavy atom. The van der Waals surface area contributed by atoms with Gasteiger partial charge in [-0.15, -0.1) is 0 Å². The monoisotopic (exact) mass is 402 g/mol. The van der Waals surface area contributed by atoms with E-state index in [-0.39, 0.29) is 6.10 Å². The lowest BCUT2D eigenvalue weighted by molar-refractivity contribution is -0.0816. The molecule has 0 aromatic rings. The minimum absolute atomic E-state index is 0.126. The fourth-order valence-electron chi connectivity index (χ4n) is 8.75. The normalized spacial score (nSPS) is 48.9. The van der Waals surface area contributed by atoms with Gasteiger partial charge in [0.15, 0.2) is 0 Å². The van der Waals surface area contributed by atoms with Crippen LogP contribution in [-0.2, 0) is 0 Å².